The van der Waals surface area contributed by atoms with Crippen LogP contribution in [0.3, 0.4) is 0 Å². The number of nitrogens with one attached hydrogen (secondary N) is 1. The number of methoxy groups -OCH3 is 1. The lowest BCUT2D eigenvalue weighted by molar-refractivity contribution is -0.0980. The van der Waals surface area contributed by atoms with Gasteiger partial charge in [0.05, 0.1) is 30.8 Å². The number of carbonyl (C=O) groups is 1. The first-order chi connectivity index (χ1) is 19.4. The van der Waals surface area contributed by atoms with Gasteiger partial charge in [-0.15, -0.1) is 0 Å². The number of benzene rings is 2. The predicted molar refractivity (Wildman–Crippen MR) is 160 cm³/mol. The van der Waals surface area contributed by atoms with E-state index in [1.54, 1.807) is 32.7 Å². The molecule has 0 atom stereocenters. The Morgan fingerprint density at radius 2 is 1.77 bits per heavy atom. The molecular formula is C29H34BrN5O5. The van der Waals surface area contributed by atoms with Crippen molar-refractivity contribution < 1.29 is 18.7 Å². The van der Waals surface area contributed by atoms with Crippen molar-refractivity contribution >= 4 is 34.1 Å². The zero-order valence-electron chi connectivity index (χ0n) is 23.1. The van der Waals surface area contributed by atoms with E-state index in [0.717, 1.165) is 45.6 Å². The molecule has 4 aromatic rings. The van der Waals surface area contributed by atoms with E-state index in [1.807, 2.05) is 51.0 Å². The highest BCUT2D eigenvalue weighted by molar-refractivity contribution is 9.10. The lowest BCUT2D eigenvalue weighted by atomic mass is 10.1. The van der Waals surface area contributed by atoms with Gasteiger partial charge >= 0.3 is 0 Å². The van der Waals surface area contributed by atoms with Gasteiger partial charge in [0.2, 0.25) is 5.89 Å². The number of anilines is 2. The predicted octanol–water partition coefficient (Wildman–Crippen LogP) is 4.97. The number of halogens is 1. The number of aromatic nitrogens is 3. The van der Waals surface area contributed by atoms with E-state index in [1.165, 1.54) is 4.68 Å². The first-order valence-electron chi connectivity index (χ1n) is 12.7. The first kappa shape index (κ1) is 30.7. The van der Waals surface area contributed by atoms with E-state index in [9.17, 15) is 4.79 Å². The number of aryl methyl sites for hydroxylation is 1. The molecule has 3 heterocycles. The van der Waals surface area contributed by atoms with Crippen LogP contribution >= 0.6 is 15.9 Å². The van der Waals surface area contributed by atoms with Gasteiger partial charge in [-0.2, -0.15) is 9.78 Å². The zero-order valence-corrected chi connectivity index (χ0v) is 24.7. The molecule has 2 aromatic heterocycles. The molecule has 1 aliphatic heterocycles. The molecule has 1 aliphatic rings. The zero-order chi connectivity index (χ0) is 29.1. The molecule has 5 rings (SSSR count). The SMILES string of the molecule is C=O.CCNc1cc(-c2cc(Br)cc(-c3ncco3)c2)nn(-c2cc(N3CCOCC3)ccc2C)c1=O.COC. The van der Waals surface area contributed by atoms with Crippen molar-refractivity contribution in [1.29, 1.82) is 0 Å². The van der Waals surface area contributed by atoms with E-state index < -0.39 is 0 Å². The molecule has 10 nitrogen and oxygen atoms in total. The van der Waals surface area contributed by atoms with Crippen molar-refractivity contribution in [1.82, 2.24) is 14.8 Å². The smallest absolute Gasteiger partial charge is 0.294 e. The highest BCUT2D eigenvalue weighted by Gasteiger charge is 2.17. The van der Waals surface area contributed by atoms with Gasteiger partial charge in [-0.25, -0.2) is 4.98 Å². The molecule has 0 aliphatic carbocycles. The van der Waals surface area contributed by atoms with Crippen LogP contribution in [-0.4, -0.2) is 68.6 Å². The van der Waals surface area contributed by atoms with Gasteiger partial charge in [0.15, 0.2) is 0 Å². The van der Waals surface area contributed by atoms with Gasteiger partial charge in [-0.05, 0) is 55.8 Å². The summed E-state index contributed by atoms with van der Waals surface area (Å²) in [5.41, 5.74) is 5.37. The van der Waals surface area contributed by atoms with Gasteiger partial charge < -0.3 is 28.9 Å². The Morgan fingerprint density at radius 3 is 2.42 bits per heavy atom. The average molecular weight is 613 g/mol. The summed E-state index contributed by atoms with van der Waals surface area (Å²) in [6.45, 7) is 9.59. The Morgan fingerprint density at radius 1 is 1.07 bits per heavy atom. The molecule has 1 saturated heterocycles. The highest BCUT2D eigenvalue weighted by atomic mass is 79.9. The van der Waals surface area contributed by atoms with Crippen LogP contribution in [-0.2, 0) is 14.3 Å². The quantitative estimate of drug-likeness (QED) is 0.323. The van der Waals surface area contributed by atoms with Crippen LogP contribution in [0, 0.1) is 6.92 Å². The normalized spacial score (nSPS) is 12.6. The van der Waals surface area contributed by atoms with E-state index in [4.69, 9.17) is 19.0 Å². The Bertz CT molecular complexity index is 1440. The van der Waals surface area contributed by atoms with Crippen LogP contribution in [0.25, 0.3) is 28.4 Å². The van der Waals surface area contributed by atoms with Gasteiger partial charge in [0, 0.05) is 55.1 Å². The van der Waals surface area contributed by atoms with Crippen molar-refractivity contribution in [3.8, 4) is 28.4 Å². The van der Waals surface area contributed by atoms with E-state index >= 15 is 0 Å². The third-order valence-corrected chi connectivity index (χ3v) is 6.41. The number of hydrogen-bond acceptors (Lipinski definition) is 9. The number of hydrogen-bond donors (Lipinski definition) is 1. The van der Waals surface area contributed by atoms with Crippen LogP contribution in [0.4, 0.5) is 11.4 Å². The highest BCUT2D eigenvalue weighted by Crippen LogP contribution is 2.30. The molecular weight excluding hydrogens is 578 g/mol. The fourth-order valence-corrected chi connectivity index (χ4v) is 4.68. The van der Waals surface area contributed by atoms with Gasteiger partial charge in [0.1, 0.15) is 18.7 Å². The summed E-state index contributed by atoms with van der Waals surface area (Å²) in [6, 6.07) is 13.8. The molecule has 2 aromatic carbocycles. The second kappa shape index (κ2) is 15.1. The largest absolute Gasteiger partial charge is 0.445 e. The van der Waals surface area contributed by atoms with Crippen LogP contribution in [0.2, 0.25) is 0 Å². The second-order valence-corrected chi connectivity index (χ2v) is 9.65. The van der Waals surface area contributed by atoms with Crippen LogP contribution < -0.4 is 15.8 Å². The van der Waals surface area contributed by atoms with Gasteiger partial charge in [-0.1, -0.05) is 22.0 Å². The van der Waals surface area contributed by atoms with Crippen molar-refractivity contribution in [2.45, 2.75) is 13.8 Å². The topological polar surface area (TPSA) is 112 Å². The summed E-state index contributed by atoms with van der Waals surface area (Å²) in [6.07, 6.45) is 3.16. The summed E-state index contributed by atoms with van der Waals surface area (Å²) >= 11 is 3.59. The molecule has 1 N–H and O–H groups in total. The summed E-state index contributed by atoms with van der Waals surface area (Å²) in [4.78, 5) is 28.0. The Balaban J connectivity index is 0.000000827. The molecule has 0 saturated carbocycles. The van der Waals surface area contributed by atoms with E-state index in [0.29, 0.717) is 37.0 Å². The minimum absolute atomic E-state index is 0.194. The van der Waals surface area contributed by atoms with Crippen molar-refractivity contribution in [3.05, 3.63) is 75.3 Å². The Hall–Kier alpha value is -3.80. The number of carbonyl (C=O) groups excluding carboxylic acids is 1. The first-order valence-corrected chi connectivity index (χ1v) is 13.5. The average Bonchev–Trinajstić information content (AvgIpc) is 3.52. The molecule has 0 amide bonds. The number of nitrogens with zero attached hydrogens (tertiary/aromatic N) is 4. The van der Waals surface area contributed by atoms with Gasteiger partial charge in [0.25, 0.3) is 5.56 Å². The second-order valence-electron chi connectivity index (χ2n) is 8.73. The number of oxazole rings is 1. The maximum absolute atomic E-state index is 13.5. The molecule has 40 heavy (non-hydrogen) atoms. The van der Waals surface area contributed by atoms with E-state index in [-0.39, 0.29) is 5.56 Å². The van der Waals surface area contributed by atoms with Crippen molar-refractivity contribution in [2.75, 3.05) is 57.3 Å². The fraction of sp³-hybridized carbons (Fsp3) is 0.310. The molecule has 0 radical (unpaired) electrons. The van der Waals surface area contributed by atoms with Crippen LogP contribution in [0.1, 0.15) is 12.5 Å². The summed E-state index contributed by atoms with van der Waals surface area (Å²) in [7, 11) is 3.25. The molecule has 0 spiro atoms. The standard InChI is InChI=1S/C26H26BrN5O3.C2H6O.CH2O/c1-3-28-23-16-22(18-12-19(14-20(27)13-18)25-29-6-9-35-25)30-32(26(23)33)24-15-21(5-4-17(24)2)31-7-10-34-11-8-31;1-3-2;1-2/h4-6,9,12-16,28H,3,7-8,10-11H2,1-2H3;1-2H3;1H2. The third-order valence-electron chi connectivity index (χ3n) is 5.95. The number of rotatable bonds is 6. The van der Waals surface area contributed by atoms with Crippen molar-refractivity contribution in [2.24, 2.45) is 0 Å². The number of morpholine rings is 1. The summed E-state index contributed by atoms with van der Waals surface area (Å²) in [5, 5.41) is 8.02. The summed E-state index contributed by atoms with van der Waals surface area (Å²) < 4.78 is 17.6. The molecule has 11 heteroatoms. The minimum Gasteiger partial charge on any atom is -0.445 e. The number of ether oxygens (including phenoxy) is 2. The Kier molecular flexibility index (Phi) is 11.6. The maximum Gasteiger partial charge on any atom is 0.294 e. The third kappa shape index (κ3) is 7.44. The van der Waals surface area contributed by atoms with Crippen LogP contribution in [0.5, 0.6) is 0 Å². The molecule has 0 unspecified atom stereocenters. The molecule has 212 valence electrons. The van der Waals surface area contributed by atoms with Gasteiger partial charge in [-0.3, -0.25) is 4.79 Å². The lowest BCUT2D eigenvalue weighted by Gasteiger charge is -2.29. The lowest BCUT2D eigenvalue weighted by Crippen LogP contribution is -2.36. The molecule has 1 fully saturated rings. The minimum atomic E-state index is -0.194. The fourth-order valence-electron chi connectivity index (χ4n) is 4.19. The van der Waals surface area contributed by atoms with Crippen molar-refractivity contribution in [3.63, 3.8) is 0 Å². The Labute approximate surface area is 242 Å². The molecule has 0 bridgehead atoms. The van der Waals surface area contributed by atoms with E-state index in [2.05, 4.69) is 41.9 Å². The summed E-state index contributed by atoms with van der Waals surface area (Å²) in [5.74, 6) is 0.516. The maximum atomic E-state index is 13.5. The van der Waals surface area contributed by atoms with Crippen LogP contribution in [0.15, 0.2) is 68.6 Å². The monoisotopic (exact) mass is 611 g/mol.